The Morgan fingerprint density at radius 2 is 1.55 bits per heavy atom. The number of rotatable bonds is 9. The zero-order chi connectivity index (χ0) is 15.6. The van der Waals surface area contributed by atoms with E-state index in [9.17, 15) is 0 Å². The molecule has 1 aromatic carbocycles. The molecular weight excluding hydrogens is 270 g/mol. The predicted octanol–water partition coefficient (Wildman–Crippen LogP) is 5.00. The molecule has 0 aliphatic carbocycles. The van der Waals surface area contributed by atoms with Crippen molar-refractivity contribution in [3.05, 3.63) is 59.4 Å². The maximum atomic E-state index is 5.69. The van der Waals surface area contributed by atoms with Crippen molar-refractivity contribution in [3.8, 4) is 5.75 Å². The number of benzene rings is 1. The molecule has 0 aliphatic heterocycles. The summed E-state index contributed by atoms with van der Waals surface area (Å²) in [6, 6.07) is 12.9. The second-order valence-corrected chi connectivity index (χ2v) is 5.75. The lowest BCUT2D eigenvalue weighted by Crippen LogP contribution is -1.97. The fourth-order valence-electron chi connectivity index (χ4n) is 2.38. The highest BCUT2D eigenvalue weighted by Crippen LogP contribution is 2.14. The number of aromatic nitrogens is 1. The fourth-order valence-corrected chi connectivity index (χ4v) is 2.38. The number of ether oxygens (including phenoxy) is 1. The molecule has 0 unspecified atom stereocenters. The van der Waals surface area contributed by atoms with E-state index < -0.39 is 0 Å². The molecule has 0 amide bonds. The third-order valence-corrected chi connectivity index (χ3v) is 3.78. The van der Waals surface area contributed by atoms with Crippen LogP contribution in [0.5, 0.6) is 5.75 Å². The van der Waals surface area contributed by atoms with Crippen LogP contribution in [-0.4, -0.2) is 11.6 Å². The number of nitrogens with zero attached hydrogens (tertiary/aromatic N) is 1. The molecule has 118 valence electrons. The lowest BCUT2D eigenvalue weighted by Gasteiger charge is -2.07. The van der Waals surface area contributed by atoms with Crippen LogP contribution < -0.4 is 4.74 Å². The molecule has 2 aromatic rings. The average Bonchev–Trinajstić information content (AvgIpc) is 2.56. The number of hydrogen-bond acceptors (Lipinski definition) is 2. The van der Waals surface area contributed by atoms with Crippen LogP contribution in [0.15, 0.2) is 42.6 Å². The molecule has 0 atom stereocenters. The van der Waals surface area contributed by atoms with Gasteiger partial charge in [-0.25, -0.2) is 0 Å². The van der Waals surface area contributed by atoms with E-state index in [0.717, 1.165) is 44.5 Å². The minimum atomic E-state index is 0.811. The molecule has 0 bridgehead atoms. The van der Waals surface area contributed by atoms with E-state index in [-0.39, 0.29) is 0 Å². The van der Waals surface area contributed by atoms with Gasteiger partial charge in [0.05, 0.1) is 6.61 Å². The highest BCUT2D eigenvalue weighted by atomic mass is 16.5. The summed E-state index contributed by atoms with van der Waals surface area (Å²) in [5.41, 5.74) is 3.85. The summed E-state index contributed by atoms with van der Waals surface area (Å²) in [7, 11) is 0. The van der Waals surface area contributed by atoms with Crippen LogP contribution in [0.25, 0.3) is 0 Å². The van der Waals surface area contributed by atoms with Gasteiger partial charge in [0.15, 0.2) is 0 Å². The summed E-state index contributed by atoms with van der Waals surface area (Å²) in [6.45, 7) is 5.17. The van der Waals surface area contributed by atoms with Crippen molar-refractivity contribution < 1.29 is 4.74 Å². The summed E-state index contributed by atoms with van der Waals surface area (Å²) in [5, 5.41) is 0. The Morgan fingerprint density at radius 1 is 0.818 bits per heavy atom. The van der Waals surface area contributed by atoms with Crippen LogP contribution in [0.3, 0.4) is 0 Å². The maximum absolute atomic E-state index is 5.69. The van der Waals surface area contributed by atoms with Gasteiger partial charge in [0.2, 0.25) is 0 Å². The van der Waals surface area contributed by atoms with Crippen LogP contribution in [0.2, 0.25) is 0 Å². The maximum Gasteiger partial charge on any atom is 0.119 e. The van der Waals surface area contributed by atoms with Crippen molar-refractivity contribution in [1.82, 2.24) is 4.98 Å². The van der Waals surface area contributed by atoms with Gasteiger partial charge in [-0.2, -0.15) is 0 Å². The van der Waals surface area contributed by atoms with E-state index in [1.807, 2.05) is 6.20 Å². The summed E-state index contributed by atoms with van der Waals surface area (Å²) in [4.78, 5) is 4.52. The highest BCUT2D eigenvalue weighted by molar-refractivity contribution is 5.28. The Hall–Kier alpha value is -1.83. The van der Waals surface area contributed by atoms with Crippen molar-refractivity contribution in [3.63, 3.8) is 0 Å². The van der Waals surface area contributed by atoms with Crippen molar-refractivity contribution in [2.45, 2.75) is 52.4 Å². The first-order chi connectivity index (χ1) is 10.8. The van der Waals surface area contributed by atoms with E-state index in [2.05, 4.69) is 55.2 Å². The number of unbranched alkanes of at least 4 members (excludes halogenated alkanes) is 1. The molecule has 0 saturated heterocycles. The number of aryl methyl sites for hydroxylation is 3. The molecule has 0 aliphatic rings. The van der Waals surface area contributed by atoms with Gasteiger partial charge in [0, 0.05) is 11.9 Å². The Bertz CT molecular complexity index is 531. The Balaban J connectivity index is 1.80. The monoisotopic (exact) mass is 297 g/mol. The number of pyridine rings is 1. The number of hydrogen-bond donors (Lipinski definition) is 0. The first-order valence-corrected chi connectivity index (χ1v) is 8.47. The first-order valence-electron chi connectivity index (χ1n) is 8.47. The molecule has 0 spiro atoms. The van der Waals surface area contributed by atoms with E-state index in [1.165, 1.54) is 23.2 Å². The third kappa shape index (κ3) is 5.51. The zero-order valence-electron chi connectivity index (χ0n) is 13.8. The summed E-state index contributed by atoms with van der Waals surface area (Å²) in [5.74, 6) is 0.975. The van der Waals surface area contributed by atoms with E-state index in [4.69, 9.17) is 4.74 Å². The molecule has 0 radical (unpaired) electrons. The molecule has 22 heavy (non-hydrogen) atoms. The third-order valence-electron chi connectivity index (χ3n) is 3.78. The molecule has 2 nitrogen and oxygen atoms in total. The minimum Gasteiger partial charge on any atom is -0.494 e. The van der Waals surface area contributed by atoms with Crippen molar-refractivity contribution in [1.29, 1.82) is 0 Å². The van der Waals surface area contributed by atoms with Gasteiger partial charge in [-0.05, 0) is 55.0 Å². The van der Waals surface area contributed by atoms with E-state index in [0.29, 0.717) is 0 Å². The van der Waals surface area contributed by atoms with Gasteiger partial charge in [-0.1, -0.05) is 44.9 Å². The smallest absolute Gasteiger partial charge is 0.119 e. The van der Waals surface area contributed by atoms with E-state index in [1.54, 1.807) is 0 Å². The minimum absolute atomic E-state index is 0.811. The van der Waals surface area contributed by atoms with Crippen LogP contribution in [0, 0.1) is 0 Å². The molecule has 2 rings (SSSR count). The molecular formula is C20H27NO. The molecule has 0 saturated carbocycles. The fraction of sp³-hybridized carbons (Fsp3) is 0.450. The molecule has 1 aromatic heterocycles. The van der Waals surface area contributed by atoms with Crippen LogP contribution in [0.1, 0.15) is 49.9 Å². The summed E-state index contributed by atoms with van der Waals surface area (Å²) < 4.78 is 5.69. The van der Waals surface area contributed by atoms with Crippen molar-refractivity contribution in [2.75, 3.05) is 6.61 Å². The standard InChI is InChI=1S/C20H27NO/c1-3-5-15-22-20-13-10-17(11-14-20)7-8-18-9-12-19(6-4-2)21-16-18/h9-14,16H,3-8,15H2,1-2H3. The highest BCUT2D eigenvalue weighted by Gasteiger charge is 1.99. The topological polar surface area (TPSA) is 22.1 Å². The first kappa shape index (κ1) is 16.5. The van der Waals surface area contributed by atoms with Gasteiger partial charge < -0.3 is 4.74 Å². The van der Waals surface area contributed by atoms with Crippen molar-refractivity contribution in [2.24, 2.45) is 0 Å². The second kappa shape index (κ2) is 9.24. The van der Waals surface area contributed by atoms with Crippen LogP contribution in [-0.2, 0) is 19.3 Å². The van der Waals surface area contributed by atoms with Gasteiger partial charge in [-0.15, -0.1) is 0 Å². The normalized spacial score (nSPS) is 10.6. The van der Waals surface area contributed by atoms with Crippen LogP contribution in [0.4, 0.5) is 0 Å². The largest absolute Gasteiger partial charge is 0.494 e. The summed E-state index contributed by atoms with van der Waals surface area (Å²) in [6.07, 6.45) is 8.61. The lowest BCUT2D eigenvalue weighted by atomic mass is 10.1. The average molecular weight is 297 g/mol. The van der Waals surface area contributed by atoms with Crippen LogP contribution >= 0.6 is 0 Å². The second-order valence-electron chi connectivity index (χ2n) is 5.75. The van der Waals surface area contributed by atoms with Gasteiger partial charge >= 0.3 is 0 Å². The van der Waals surface area contributed by atoms with Crippen molar-refractivity contribution >= 4 is 0 Å². The SMILES string of the molecule is CCCCOc1ccc(CCc2ccc(CCC)nc2)cc1. The molecule has 1 heterocycles. The zero-order valence-corrected chi connectivity index (χ0v) is 13.8. The Morgan fingerprint density at radius 3 is 2.18 bits per heavy atom. The molecule has 2 heteroatoms. The predicted molar refractivity (Wildman–Crippen MR) is 92.5 cm³/mol. The molecule has 0 N–H and O–H groups in total. The van der Waals surface area contributed by atoms with Gasteiger partial charge in [-0.3, -0.25) is 4.98 Å². The van der Waals surface area contributed by atoms with Gasteiger partial charge in [0.1, 0.15) is 5.75 Å². The molecule has 0 fully saturated rings. The Labute approximate surface area is 134 Å². The Kier molecular flexibility index (Phi) is 6.95. The summed E-state index contributed by atoms with van der Waals surface area (Å²) >= 11 is 0. The quantitative estimate of drug-likeness (QED) is 0.608. The lowest BCUT2D eigenvalue weighted by molar-refractivity contribution is 0.309. The van der Waals surface area contributed by atoms with Gasteiger partial charge in [0.25, 0.3) is 0 Å². The van der Waals surface area contributed by atoms with E-state index >= 15 is 0 Å².